The number of ether oxygens (including phenoxy) is 1. The van der Waals surface area contributed by atoms with Crippen molar-refractivity contribution in [3.05, 3.63) is 92.9 Å². The van der Waals surface area contributed by atoms with E-state index in [1.54, 1.807) is 30.3 Å². The van der Waals surface area contributed by atoms with Gasteiger partial charge in [-0.2, -0.15) is 0 Å². The summed E-state index contributed by atoms with van der Waals surface area (Å²) in [4.78, 5) is 28.7. The van der Waals surface area contributed by atoms with E-state index in [1.165, 1.54) is 22.4 Å². The van der Waals surface area contributed by atoms with Crippen LogP contribution in [-0.4, -0.2) is 57.6 Å². The van der Waals surface area contributed by atoms with Crippen LogP contribution < -0.4 is 14.4 Å². The van der Waals surface area contributed by atoms with Crippen LogP contribution in [0.4, 0.5) is 5.69 Å². The number of benzene rings is 3. The smallest absolute Gasteiger partial charge is 0.243 e. The maximum atomic E-state index is 13.8. The van der Waals surface area contributed by atoms with Crippen molar-refractivity contribution in [1.29, 1.82) is 0 Å². The van der Waals surface area contributed by atoms with Gasteiger partial charge in [0.25, 0.3) is 0 Å². The minimum Gasteiger partial charge on any atom is -0.495 e. The molecule has 0 spiro atoms. The number of carbonyl (C=O) groups is 2. The Kier molecular flexibility index (Phi) is 12.4. The summed E-state index contributed by atoms with van der Waals surface area (Å²) in [5, 5.41) is 3.82. The van der Waals surface area contributed by atoms with Crippen LogP contribution in [0.5, 0.6) is 5.75 Å². The molecule has 226 valence electrons. The normalized spacial score (nSPS) is 12.0. The van der Waals surface area contributed by atoms with Gasteiger partial charge in [0, 0.05) is 32.5 Å². The molecule has 0 radical (unpaired) electrons. The fraction of sp³-hybridized carbons (Fsp3) is 0.333. The van der Waals surface area contributed by atoms with Gasteiger partial charge in [0.1, 0.15) is 11.8 Å². The molecule has 0 aliphatic rings. The molecule has 1 N–H and O–H groups in total. The molecule has 8 nitrogen and oxygen atoms in total. The minimum absolute atomic E-state index is 0.0120. The molecule has 1 unspecified atom stereocenters. The van der Waals surface area contributed by atoms with Crippen molar-refractivity contribution in [2.75, 3.05) is 30.8 Å². The SMILES string of the molecule is CCNC(=O)C(Cc1ccccc1)N(Cc1ccc(Cl)c(Cl)c1)C(=O)CCCN(c1ccc(OC)c(Cl)c1)S(C)(=O)=O. The average Bonchev–Trinajstić information content (AvgIpc) is 2.94. The Hall–Kier alpha value is -2.98. The van der Waals surface area contributed by atoms with Gasteiger partial charge < -0.3 is 15.0 Å². The first kappa shape index (κ1) is 33.5. The molecule has 0 saturated carbocycles. The fourth-order valence-corrected chi connectivity index (χ4v) is 6.02. The van der Waals surface area contributed by atoms with Crippen molar-refractivity contribution in [3.8, 4) is 5.75 Å². The van der Waals surface area contributed by atoms with Gasteiger partial charge in [0.2, 0.25) is 21.8 Å². The van der Waals surface area contributed by atoms with E-state index in [9.17, 15) is 18.0 Å². The molecular formula is C30H34Cl3N3O5S. The van der Waals surface area contributed by atoms with E-state index in [1.807, 2.05) is 37.3 Å². The summed E-state index contributed by atoms with van der Waals surface area (Å²) < 4.78 is 31.7. The van der Waals surface area contributed by atoms with Crippen molar-refractivity contribution < 1.29 is 22.7 Å². The van der Waals surface area contributed by atoms with Gasteiger partial charge in [-0.25, -0.2) is 8.42 Å². The number of rotatable bonds is 14. The van der Waals surface area contributed by atoms with Crippen LogP contribution in [-0.2, 0) is 32.6 Å². The maximum absolute atomic E-state index is 13.8. The first-order valence-corrected chi connectivity index (χ1v) is 16.3. The van der Waals surface area contributed by atoms with Crippen molar-refractivity contribution >= 4 is 62.3 Å². The van der Waals surface area contributed by atoms with Crippen molar-refractivity contribution in [2.24, 2.45) is 0 Å². The molecule has 0 fully saturated rings. The number of hydrogen-bond acceptors (Lipinski definition) is 5. The lowest BCUT2D eigenvalue weighted by Crippen LogP contribution is -2.50. The zero-order valence-corrected chi connectivity index (χ0v) is 26.7. The van der Waals surface area contributed by atoms with E-state index in [2.05, 4.69) is 5.32 Å². The molecule has 0 bridgehead atoms. The van der Waals surface area contributed by atoms with Gasteiger partial charge in [-0.3, -0.25) is 13.9 Å². The number of nitrogens with one attached hydrogen (secondary N) is 1. The zero-order chi connectivity index (χ0) is 30.9. The summed E-state index contributed by atoms with van der Waals surface area (Å²) in [6.45, 7) is 2.34. The standard InChI is InChI=1S/C30H34Cl3N3O5S/c1-4-34-30(38)27(18-21-9-6-5-7-10-21)35(20-22-12-14-24(31)25(32)17-22)29(37)11-8-16-36(42(3,39)40)23-13-15-28(41-2)26(33)19-23/h5-7,9-10,12-15,17,19,27H,4,8,11,16,18,20H2,1-3H3,(H,34,38). The summed E-state index contributed by atoms with van der Waals surface area (Å²) in [6.07, 6.45) is 1.57. The molecule has 0 heterocycles. The molecule has 3 aromatic rings. The number of likely N-dealkylation sites (N-methyl/N-ethyl adjacent to an activating group) is 1. The Morgan fingerprint density at radius 1 is 0.929 bits per heavy atom. The molecule has 0 aliphatic heterocycles. The number of nitrogens with zero attached hydrogens (tertiary/aromatic N) is 2. The van der Waals surface area contributed by atoms with Crippen molar-refractivity contribution in [3.63, 3.8) is 0 Å². The summed E-state index contributed by atoms with van der Waals surface area (Å²) in [6, 6.07) is 18.4. The molecule has 0 saturated heterocycles. The van der Waals surface area contributed by atoms with Crippen molar-refractivity contribution in [2.45, 2.75) is 38.8 Å². The summed E-state index contributed by atoms with van der Waals surface area (Å²) in [5.41, 5.74) is 1.94. The molecule has 0 aliphatic carbocycles. The Labute approximate surface area is 262 Å². The largest absolute Gasteiger partial charge is 0.495 e. The fourth-order valence-electron chi connectivity index (χ4n) is 4.50. The first-order valence-electron chi connectivity index (χ1n) is 13.3. The predicted octanol–water partition coefficient (Wildman–Crippen LogP) is 5.98. The molecule has 42 heavy (non-hydrogen) atoms. The molecule has 3 aromatic carbocycles. The number of anilines is 1. The predicted molar refractivity (Wildman–Crippen MR) is 169 cm³/mol. The van der Waals surface area contributed by atoms with Gasteiger partial charge in [-0.05, 0) is 54.8 Å². The van der Waals surface area contributed by atoms with E-state index >= 15 is 0 Å². The van der Waals surface area contributed by atoms with Gasteiger partial charge in [0.05, 0.1) is 34.1 Å². The maximum Gasteiger partial charge on any atom is 0.243 e. The summed E-state index contributed by atoms with van der Waals surface area (Å²) in [5.74, 6) is -0.188. The highest BCUT2D eigenvalue weighted by Crippen LogP contribution is 2.30. The molecule has 12 heteroatoms. The third-order valence-corrected chi connectivity index (χ3v) is 8.76. The Morgan fingerprint density at radius 3 is 2.24 bits per heavy atom. The number of amides is 2. The van der Waals surface area contributed by atoms with Crippen LogP contribution in [0.1, 0.15) is 30.9 Å². The Bertz CT molecular complexity index is 1490. The van der Waals surface area contributed by atoms with E-state index in [0.29, 0.717) is 40.0 Å². The van der Waals surface area contributed by atoms with Crippen LogP contribution in [0, 0.1) is 0 Å². The molecule has 0 aromatic heterocycles. The lowest BCUT2D eigenvalue weighted by atomic mass is 10.0. The van der Waals surface area contributed by atoms with Gasteiger partial charge in [-0.1, -0.05) is 71.2 Å². The highest BCUT2D eigenvalue weighted by molar-refractivity contribution is 7.92. The van der Waals surface area contributed by atoms with Crippen molar-refractivity contribution in [1.82, 2.24) is 10.2 Å². The average molecular weight is 655 g/mol. The van der Waals surface area contributed by atoms with Gasteiger partial charge in [-0.15, -0.1) is 0 Å². The van der Waals surface area contributed by atoms with E-state index in [4.69, 9.17) is 39.5 Å². The van der Waals surface area contributed by atoms with Crippen LogP contribution >= 0.6 is 34.8 Å². The van der Waals surface area contributed by atoms with Gasteiger partial charge in [0.15, 0.2) is 0 Å². The second kappa shape index (κ2) is 15.5. The highest BCUT2D eigenvalue weighted by Gasteiger charge is 2.30. The van der Waals surface area contributed by atoms with Gasteiger partial charge >= 0.3 is 0 Å². The second-order valence-electron chi connectivity index (χ2n) is 9.63. The quantitative estimate of drug-likeness (QED) is 0.231. The molecule has 3 rings (SSSR count). The first-order chi connectivity index (χ1) is 19.9. The molecule has 2 amide bonds. The lowest BCUT2D eigenvalue weighted by molar-refractivity contribution is -0.141. The van der Waals surface area contributed by atoms with E-state index in [-0.39, 0.29) is 42.8 Å². The monoisotopic (exact) mass is 653 g/mol. The zero-order valence-electron chi connectivity index (χ0n) is 23.6. The third-order valence-electron chi connectivity index (χ3n) is 6.53. The van der Waals surface area contributed by atoms with E-state index < -0.39 is 16.1 Å². The Morgan fingerprint density at radius 2 is 1.64 bits per heavy atom. The third kappa shape index (κ3) is 9.26. The summed E-state index contributed by atoms with van der Waals surface area (Å²) in [7, 11) is -2.22. The number of carbonyl (C=O) groups excluding carboxylic acids is 2. The highest BCUT2D eigenvalue weighted by atomic mass is 35.5. The number of halogens is 3. The summed E-state index contributed by atoms with van der Waals surface area (Å²) >= 11 is 18.6. The number of sulfonamides is 1. The lowest BCUT2D eigenvalue weighted by Gasteiger charge is -2.32. The van der Waals surface area contributed by atoms with Crippen LogP contribution in [0.15, 0.2) is 66.7 Å². The minimum atomic E-state index is -3.69. The van der Waals surface area contributed by atoms with Crippen LogP contribution in [0.3, 0.4) is 0 Å². The van der Waals surface area contributed by atoms with E-state index in [0.717, 1.165) is 11.8 Å². The van der Waals surface area contributed by atoms with Crippen LogP contribution in [0.25, 0.3) is 0 Å². The van der Waals surface area contributed by atoms with Crippen LogP contribution in [0.2, 0.25) is 15.1 Å². The topological polar surface area (TPSA) is 96.0 Å². The Balaban J connectivity index is 1.89. The number of hydrogen-bond donors (Lipinski definition) is 1. The molecular weight excluding hydrogens is 621 g/mol. The second-order valence-corrected chi connectivity index (χ2v) is 12.8. The molecule has 1 atom stereocenters. The number of methoxy groups -OCH3 is 1.